The molecule has 0 radical (unpaired) electrons. The van der Waals surface area contributed by atoms with Crippen LogP contribution in [0.5, 0.6) is 0 Å². The quantitative estimate of drug-likeness (QED) is 0.833. The molecule has 2 aromatic heterocycles. The first kappa shape index (κ1) is 14.2. The second-order valence-corrected chi connectivity index (χ2v) is 6.27. The predicted molar refractivity (Wildman–Crippen MR) is 80.5 cm³/mol. The average Bonchev–Trinajstić information content (AvgIpc) is 2.90. The van der Waals surface area contributed by atoms with E-state index < -0.39 is 0 Å². The van der Waals surface area contributed by atoms with Crippen molar-refractivity contribution < 1.29 is 9.53 Å². The zero-order chi connectivity index (χ0) is 15.0. The maximum absolute atomic E-state index is 12.4. The SMILES string of the molecule is C[C@@H]1CN(C(=O)Cn2cnc3sccc3c2=O)C[C@@H](C)O1. The number of aromatic nitrogens is 2. The largest absolute Gasteiger partial charge is 0.372 e. The predicted octanol–water partition coefficient (Wildman–Crippen LogP) is 1.09. The Balaban J connectivity index is 1.80. The molecule has 3 rings (SSSR count). The van der Waals surface area contributed by atoms with Crippen molar-refractivity contribution in [3.05, 3.63) is 28.1 Å². The average molecular weight is 307 g/mol. The molecule has 1 saturated heterocycles. The van der Waals surface area contributed by atoms with Gasteiger partial charge in [0.2, 0.25) is 5.91 Å². The minimum atomic E-state index is -0.163. The van der Waals surface area contributed by atoms with Crippen LogP contribution in [0.1, 0.15) is 13.8 Å². The molecule has 0 aromatic carbocycles. The Morgan fingerprint density at radius 3 is 2.86 bits per heavy atom. The van der Waals surface area contributed by atoms with Crippen LogP contribution >= 0.6 is 11.3 Å². The zero-order valence-corrected chi connectivity index (χ0v) is 12.8. The number of amides is 1. The molecule has 0 unspecified atom stereocenters. The molecule has 2 aromatic rings. The fraction of sp³-hybridized carbons (Fsp3) is 0.500. The van der Waals surface area contributed by atoms with Crippen molar-refractivity contribution in [1.29, 1.82) is 0 Å². The Morgan fingerprint density at radius 1 is 1.43 bits per heavy atom. The molecule has 21 heavy (non-hydrogen) atoms. The number of fused-ring (bicyclic) bond motifs is 1. The van der Waals surface area contributed by atoms with E-state index >= 15 is 0 Å². The standard InChI is InChI=1S/C14H17N3O3S/c1-9-5-16(6-10(2)20-9)12(18)7-17-8-15-13-11(14(17)19)3-4-21-13/h3-4,8-10H,5-7H2,1-2H3/t9-,10-/m1/s1. The Bertz CT molecular complexity index is 714. The molecule has 112 valence electrons. The Hall–Kier alpha value is -1.73. The van der Waals surface area contributed by atoms with Crippen molar-refractivity contribution in [2.24, 2.45) is 0 Å². The Labute approximate surface area is 126 Å². The van der Waals surface area contributed by atoms with E-state index in [4.69, 9.17) is 4.74 Å². The van der Waals surface area contributed by atoms with Gasteiger partial charge in [0.15, 0.2) is 0 Å². The van der Waals surface area contributed by atoms with Gasteiger partial charge in [-0.2, -0.15) is 0 Å². The van der Waals surface area contributed by atoms with Crippen LogP contribution in [0, 0.1) is 0 Å². The van der Waals surface area contributed by atoms with Crippen molar-refractivity contribution in [3.8, 4) is 0 Å². The van der Waals surface area contributed by atoms with E-state index in [1.165, 1.54) is 22.2 Å². The number of hydrogen-bond acceptors (Lipinski definition) is 5. The highest BCUT2D eigenvalue weighted by atomic mass is 32.1. The fourth-order valence-electron chi connectivity index (χ4n) is 2.63. The Kier molecular flexibility index (Phi) is 3.77. The highest BCUT2D eigenvalue weighted by Crippen LogP contribution is 2.14. The smallest absolute Gasteiger partial charge is 0.262 e. The minimum absolute atomic E-state index is 0.0203. The molecule has 3 heterocycles. The van der Waals surface area contributed by atoms with Gasteiger partial charge in [0.1, 0.15) is 11.4 Å². The molecule has 1 amide bonds. The number of carbonyl (C=O) groups is 1. The number of thiophene rings is 1. The van der Waals surface area contributed by atoms with Crippen LogP contribution in [0.15, 0.2) is 22.6 Å². The van der Waals surface area contributed by atoms with E-state index in [0.717, 1.165) is 0 Å². The molecule has 1 fully saturated rings. The second kappa shape index (κ2) is 5.57. The van der Waals surface area contributed by atoms with Crippen LogP contribution in [0.25, 0.3) is 10.2 Å². The molecule has 1 aliphatic heterocycles. The first-order valence-corrected chi connectivity index (χ1v) is 7.78. The molecule has 0 bridgehead atoms. The lowest BCUT2D eigenvalue weighted by atomic mass is 10.2. The van der Waals surface area contributed by atoms with Gasteiger partial charge in [0.05, 0.1) is 23.9 Å². The molecular formula is C14H17N3O3S. The first-order valence-electron chi connectivity index (χ1n) is 6.90. The number of morpholine rings is 1. The van der Waals surface area contributed by atoms with Crippen LogP contribution in [-0.4, -0.2) is 45.7 Å². The van der Waals surface area contributed by atoms with Crippen molar-refractivity contribution in [1.82, 2.24) is 14.5 Å². The normalized spacial score (nSPS) is 22.7. The molecule has 2 atom stereocenters. The van der Waals surface area contributed by atoms with Gasteiger partial charge in [-0.05, 0) is 25.3 Å². The molecule has 0 N–H and O–H groups in total. The molecule has 1 aliphatic rings. The third-order valence-corrected chi connectivity index (χ3v) is 4.35. The van der Waals surface area contributed by atoms with Gasteiger partial charge in [0, 0.05) is 13.1 Å². The Morgan fingerprint density at radius 2 is 2.14 bits per heavy atom. The molecular weight excluding hydrogens is 290 g/mol. The number of rotatable bonds is 2. The molecule has 0 aliphatic carbocycles. The summed E-state index contributed by atoms with van der Waals surface area (Å²) in [5.74, 6) is -0.0736. The number of nitrogens with zero attached hydrogens (tertiary/aromatic N) is 3. The zero-order valence-electron chi connectivity index (χ0n) is 12.0. The third-order valence-electron chi connectivity index (χ3n) is 3.53. The van der Waals surface area contributed by atoms with Crippen molar-refractivity contribution in [2.75, 3.05) is 13.1 Å². The maximum atomic E-state index is 12.4. The third kappa shape index (κ3) is 2.84. The second-order valence-electron chi connectivity index (χ2n) is 5.37. The number of hydrogen-bond donors (Lipinski definition) is 0. The van der Waals surface area contributed by atoms with Gasteiger partial charge in [-0.3, -0.25) is 14.2 Å². The van der Waals surface area contributed by atoms with E-state index in [9.17, 15) is 9.59 Å². The van der Waals surface area contributed by atoms with Gasteiger partial charge < -0.3 is 9.64 Å². The lowest BCUT2D eigenvalue weighted by Gasteiger charge is -2.35. The number of carbonyl (C=O) groups excluding carboxylic acids is 1. The van der Waals surface area contributed by atoms with E-state index in [-0.39, 0.29) is 30.2 Å². The van der Waals surface area contributed by atoms with Crippen LogP contribution in [0.4, 0.5) is 0 Å². The maximum Gasteiger partial charge on any atom is 0.262 e. The molecule has 0 saturated carbocycles. The summed E-state index contributed by atoms with van der Waals surface area (Å²) in [6.45, 7) is 5.04. The van der Waals surface area contributed by atoms with Gasteiger partial charge >= 0.3 is 0 Å². The van der Waals surface area contributed by atoms with E-state index in [1.54, 1.807) is 11.0 Å². The molecule has 0 spiro atoms. The van der Waals surface area contributed by atoms with Crippen LogP contribution in [0.3, 0.4) is 0 Å². The molecule has 7 heteroatoms. The van der Waals surface area contributed by atoms with Crippen molar-refractivity contribution in [2.45, 2.75) is 32.6 Å². The summed E-state index contributed by atoms with van der Waals surface area (Å²) in [6, 6.07) is 1.75. The van der Waals surface area contributed by atoms with Crippen LogP contribution in [0.2, 0.25) is 0 Å². The lowest BCUT2D eigenvalue weighted by Crippen LogP contribution is -2.49. The summed E-state index contributed by atoms with van der Waals surface area (Å²) in [5, 5.41) is 2.40. The van der Waals surface area contributed by atoms with E-state index in [2.05, 4.69) is 4.98 Å². The summed E-state index contributed by atoms with van der Waals surface area (Å²) in [7, 11) is 0. The van der Waals surface area contributed by atoms with Gasteiger partial charge in [-0.15, -0.1) is 11.3 Å². The fourth-order valence-corrected chi connectivity index (χ4v) is 3.36. The summed E-state index contributed by atoms with van der Waals surface area (Å²) < 4.78 is 6.99. The van der Waals surface area contributed by atoms with Crippen LogP contribution in [-0.2, 0) is 16.1 Å². The minimum Gasteiger partial charge on any atom is -0.372 e. The van der Waals surface area contributed by atoms with Crippen LogP contribution < -0.4 is 5.56 Å². The summed E-state index contributed by atoms with van der Waals surface area (Å²) in [4.78, 5) is 31.3. The summed E-state index contributed by atoms with van der Waals surface area (Å²) in [5.41, 5.74) is -0.163. The summed E-state index contributed by atoms with van der Waals surface area (Å²) >= 11 is 1.42. The van der Waals surface area contributed by atoms with Crippen molar-refractivity contribution in [3.63, 3.8) is 0 Å². The monoisotopic (exact) mass is 307 g/mol. The first-order chi connectivity index (χ1) is 10.0. The van der Waals surface area contributed by atoms with Gasteiger partial charge in [-0.1, -0.05) is 0 Å². The van der Waals surface area contributed by atoms with Gasteiger partial charge in [0.25, 0.3) is 5.56 Å². The van der Waals surface area contributed by atoms with Crippen molar-refractivity contribution >= 4 is 27.5 Å². The van der Waals surface area contributed by atoms with E-state index in [0.29, 0.717) is 23.3 Å². The molecule has 6 nitrogen and oxygen atoms in total. The van der Waals surface area contributed by atoms with Gasteiger partial charge in [-0.25, -0.2) is 4.98 Å². The highest BCUT2D eigenvalue weighted by Gasteiger charge is 2.26. The van der Waals surface area contributed by atoms with E-state index in [1.807, 2.05) is 19.2 Å². The number of ether oxygens (including phenoxy) is 1. The topological polar surface area (TPSA) is 64.4 Å². The lowest BCUT2D eigenvalue weighted by molar-refractivity contribution is -0.143. The highest BCUT2D eigenvalue weighted by molar-refractivity contribution is 7.16. The summed E-state index contributed by atoms with van der Waals surface area (Å²) in [6.07, 6.45) is 1.49.